The van der Waals surface area contributed by atoms with E-state index in [9.17, 15) is 0 Å². The van der Waals surface area contributed by atoms with E-state index in [1.807, 2.05) is 0 Å². The predicted molar refractivity (Wildman–Crippen MR) is 51.6 cm³/mol. The molecule has 0 aromatic rings. The van der Waals surface area contributed by atoms with E-state index in [-0.39, 0.29) is 12.4 Å². The monoisotopic (exact) mass is 179 g/mol. The molecule has 0 aromatic heterocycles. The summed E-state index contributed by atoms with van der Waals surface area (Å²) < 4.78 is 0. The zero-order valence-corrected chi connectivity index (χ0v) is 8.71. The van der Waals surface area contributed by atoms with Crippen LogP contribution in [0, 0.1) is 0 Å². The molecule has 2 N–H and O–H groups in total. The van der Waals surface area contributed by atoms with Gasteiger partial charge in [-0.2, -0.15) is 0 Å². The van der Waals surface area contributed by atoms with Gasteiger partial charge in [-0.05, 0) is 12.8 Å². The molecule has 0 spiro atoms. The van der Waals surface area contributed by atoms with Crippen molar-refractivity contribution in [2.24, 2.45) is 5.73 Å². The van der Waals surface area contributed by atoms with E-state index in [0.717, 1.165) is 0 Å². The smallest absolute Gasteiger partial charge is 0.0474 e. The third-order valence-electron chi connectivity index (χ3n) is 2.38. The minimum atomic E-state index is -0.712. The van der Waals surface area contributed by atoms with E-state index in [2.05, 4.69) is 13.1 Å². The molecular weight excluding hydrogens is 162 g/mol. The lowest BCUT2D eigenvalue weighted by molar-refractivity contribution is 0.592. The topological polar surface area (TPSA) is 26.0 Å². The molecule has 0 saturated carbocycles. The highest BCUT2D eigenvalue weighted by atomic mass is 35.5. The molecule has 0 bridgehead atoms. The Bertz CT molecular complexity index is 95.8. The molecule has 0 aliphatic carbocycles. The number of nitrogens with two attached hydrogens (primary N) is 1. The summed E-state index contributed by atoms with van der Waals surface area (Å²) in [6.45, 7) is 4.94. The molecule has 0 atom stereocenters. The van der Waals surface area contributed by atoms with Crippen LogP contribution in [0.3, 0.4) is 0 Å². The van der Waals surface area contributed by atoms with Gasteiger partial charge in [-0.15, -0.1) is 12.4 Å². The standard InChI is InChI=1S/C7H17NSi.ClH/c1-9(2)5-3-7(8)4-6-9;/h7H,3-6,8H2,1-2H3;1H. The normalized spacial score (nSPS) is 25.5. The molecule has 1 rings (SSSR count). The first-order valence-electron chi connectivity index (χ1n) is 3.86. The van der Waals surface area contributed by atoms with Crippen LogP contribution in [0.1, 0.15) is 12.8 Å². The Morgan fingerprint density at radius 1 is 1.20 bits per heavy atom. The van der Waals surface area contributed by atoms with E-state index < -0.39 is 8.07 Å². The Morgan fingerprint density at radius 2 is 1.60 bits per heavy atom. The zero-order valence-electron chi connectivity index (χ0n) is 6.89. The van der Waals surface area contributed by atoms with Crippen molar-refractivity contribution in [3.05, 3.63) is 0 Å². The molecule has 1 aliphatic heterocycles. The van der Waals surface area contributed by atoms with E-state index in [0.29, 0.717) is 6.04 Å². The molecule has 10 heavy (non-hydrogen) atoms. The van der Waals surface area contributed by atoms with Gasteiger partial charge < -0.3 is 5.73 Å². The molecule has 1 saturated heterocycles. The van der Waals surface area contributed by atoms with Crippen LogP contribution in [0.25, 0.3) is 0 Å². The Labute approximate surface area is 70.8 Å². The van der Waals surface area contributed by atoms with E-state index in [1.54, 1.807) is 0 Å². The molecule has 0 radical (unpaired) electrons. The van der Waals surface area contributed by atoms with Crippen molar-refractivity contribution >= 4 is 20.5 Å². The molecule has 1 heterocycles. The molecule has 0 aromatic carbocycles. The van der Waals surface area contributed by atoms with Crippen molar-refractivity contribution < 1.29 is 0 Å². The fourth-order valence-corrected chi connectivity index (χ4v) is 3.98. The highest BCUT2D eigenvalue weighted by molar-refractivity contribution is 6.77. The highest BCUT2D eigenvalue weighted by Gasteiger charge is 2.26. The van der Waals surface area contributed by atoms with Crippen LogP contribution in [0.5, 0.6) is 0 Å². The van der Waals surface area contributed by atoms with Crippen molar-refractivity contribution in [2.45, 2.75) is 44.1 Å². The lowest BCUT2D eigenvalue weighted by Crippen LogP contribution is -2.36. The second-order valence-corrected chi connectivity index (χ2v) is 9.33. The summed E-state index contributed by atoms with van der Waals surface area (Å²) >= 11 is 0. The Hall–Kier alpha value is 0.467. The average molecular weight is 180 g/mol. The second-order valence-electron chi connectivity index (χ2n) is 4.00. The van der Waals surface area contributed by atoms with Crippen molar-refractivity contribution in [1.29, 1.82) is 0 Å². The molecule has 62 valence electrons. The van der Waals surface area contributed by atoms with Crippen LogP contribution >= 0.6 is 12.4 Å². The first-order chi connectivity index (χ1) is 4.10. The van der Waals surface area contributed by atoms with Crippen molar-refractivity contribution in [1.82, 2.24) is 0 Å². The van der Waals surface area contributed by atoms with Crippen LogP contribution < -0.4 is 5.73 Å². The summed E-state index contributed by atoms with van der Waals surface area (Å²) in [5, 5.41) is 0. The van der Waals surface area contributed by atoms with Crippen molar-refractivity contribution in [2.75, 3.05) is 0 Å². The van der Waals surface area contributed by atoms with Gasteiger partial charge in [0.2, 0.25) is 0 Å². The lowest BCUT2D eigenvalue weighted by Gasteiger charge is -2.30. The zero-order chi connectivity index (χ0) is 6.91. The maximum absolute atomic E-state index is 5.78. The van der Waals surface area contributed by atoms with Gasteiger partial charge in [0.05, 0.1) is 0 Å². The fraction of sp³-hybridized carbons (Fsp3) is 1.00. The van der Waals surface area contributed by atoms with Gasteiger partial charge in [0.25, 0.3) is 0 Å². The van der Waals surface area contributed by atoms with Gasteiger partial charge in [0.1, 0.15) is 0 Å². The Balaban J connectivity index is 0.000000810. The van der Waals surface area contributed by atoms with Gasteiger partial charge >= 0.3 is 0 Å². The molecule has 3 heteroatoms. The van der Waals surface area contributed by atoms with E-state index in [1.165, 1.54) is 24.9 Å². The first kappa shape index (κ1) is 10.5. The largest absolute Gasteiger partial charge is 0.328 e. The van der Waals surface area contributed by atoms with Crippen molar-refractivity contribution in [3.63, 3.8) is 0 Å². The minimum Gasteiger partial charge on any atom is -0.328 e. The maximum atomic E-state index is 5.78. The fourth-order valence-electron chi connectivity index (χ4n) is 1.42. The van der Waals surface area contributed by atoms with Crippen LogP contribution in [0.4, 0.5) is 0 Å². The summed E-state index contributed by atoms with van der Waals surface area (Å²) in [6, 6.07) is 3.44. The Kier molecular flexibility index (Phi) is 3.92. The summed E-state index contributed by atoms with van der Waals surface area (Å²) in [5.74, 6) is 0. The highest BCUT2D eigenvalue weighted by Crippen LogP contribution is 2.26. The molecule has 1 aliphatic rings. The van der Waals surface area contributed by atoms with Crippen molar-refractivity contribution in [3.8, 4) is 0 Å². The number of hydrogen-bond donors (Lipinski definition) is 1. The third-order valence-corrected chi connectivity index (χ3v) is 5.67. The predicted octanol–water partition coefficient (Wildman–Crippen LogP) is 2.24. The second kappa shape index (κ2) is 3.74. The van der Waals surface area contributed by atoms with Crippen LogP contribution in [0.2, 0.25) is 25.2 Å². The summed E-state index contributed by atoms with van der Waals surface area (Å²) in [4.78, 5) is 0. The van der Waals surface area contributed by atoms with Gasteiger partial charge in [0, 0.05) is 14.1 Å². The van der Waals surface area contributed by atoms with E-state index >= 15 is 0 Å². The van der Waals surface area contributed by atoms with Gasteiger partial charge in [-0.3, -0.25) is 0 Å². The first-order valence-corrected chi connectivity index (χ1v) is 7.27. The quantitative estimate of drug-likeness (QED) is 0.568. The number of hydrogen-bond acceptors (Lipinski definition) is 1. The number of rotatable bonds is 0. The Morgan fingerprint density at radius 3 is 1.90 bits per heavy atom. The van der Waals surface area contributed by atoms with Crippen LogP contribution in [0.15, 0.2) is 0 Å². The number of halogens is 1. The molecule has 0 unspecified atom stereocenters. The lowest BCUT2D eigenvalue weighted by atomic mass is 10.2. The third kappa shape index (κ3) is 3.04. The maximum Gasteiger partial charge on any atom is 0.0474 e. The minimum absolute atomic E-state index is 0. The molecule has 1 fully saturated rings. The summed E-state index contributed by atoms with van der Waals surface area (Å²) in [6.07, 6.45) is 2.58. The summed E-state index contributed by atoms with van der Waals surface area (Å²) in [5.41, 5.74) is 5.78. The van der Waals surface area contributed by atoms with Gasteiger partial charge in [0.15, 0.2) is 0 Å². The molecule has 1 nitrogen and oxygen atoms in total. The van der Waals surface area contributed by atoms with Crippen LogP contribution in [-0.4, -0.2) is 14.1 Å². The molecule has 0 amide bonds. The van der Waals surface area contributed by atoms with Crippen LogP contribution in [-0.2, 0) is 0 Å². The van der Waals surface area contributed by atoms with E-state index in [4.69, 9.17) is 5.73 Å². The van der Waals surface area contributed by atoms with Gasteiger partial charge in [-0.1, -0.05) is 25.2 Å². The van der Waals surface area contributed by atoms with Gasteiger partial charge in [-0.25, -0.2) is 0 Å². The average Bonchev–Trinajstić information content (AvgIpc) is 1.78. The summed E-state index contributed by atoms with van der Waals surface area (Å²) in [7, 11) is -0.712. The SMILES string of the molecule is C[Si]1(C)CCC(N)CC1.Cl. The molecular formula is C7H18ClNSi.